The van der Waals surface area contributed by atoms with E-state index in [0.717, 1.165) is 11.4 Å². The van der Waals surface area contributed by atoms with Crippen molar-refractivity contribution in [1.29, 1.82) is 0 Å². The Kier molecular flexibility index (Phi) is 5.86. The number of anilines is 2. The van der Waals surface area contributed by atoms with E-state index < -0.39 is 0 Å². The average Bonchev–Trinajstić information content (AvgIpc) is 2.72. The lowest BCUT2D eigenvalue weighted by Crippen LogP contribution is -2.43. The summed E-state index contributed by atoms with van der Waals surface area (Å²) >= 11 is 0. The molecule has 2 amide bonds. The molecule has 6 heteroatoms. The maximum Gasteiger partial charge on any atom is 0.258 e. The fourth-order valence-corrected chi connectivity index (χ4v) is 2.83. The van der Waals surface area contributed by atoms with Crippen LogP contribution in [0.4, 0.5) is 11.4 Å². The maximum absolute atomic E-state index is 12.7. The number of carbonyl (C=O) groups excluding carboxylic acids is 2. The number of nitrogens with zero attached hydrogens (tertiary/aromatic N) is 2. The van der Waals surface area contributed by atoms with Crippen LogP contribution >= 0.6 is 0 Å². The molecule has 0 spiro atoms. The number of carbonyl (C=O) groups is 2. The molecule has 0 unspecified atom stereocenters. The van der Waals surface area contributed by atoms with Gasteiger partial charge in [0.1, 0.15) is 0 Å². The van der Waals surface area contributed by atoms with Crippen LogP contribution in [-0.4, -0.2) is 56.6 Å². The molecule has 0 aromatic heterocycles. The smallest absolute Gasteiger partial charge is 0.258 e. The van der Waals surface area contributed by atoms with Crippen molar-refractivity contribution >= 4 is 23.2 Å². The molecule has 1 aliphatic heterocycles. The van der Waals surface area contributed by atoms with E-state index in [1.54, 1.807) is 29.0 Å². The Morgan fingerprint density at radius 1 is 1.08 bits per heavy atom. The first-order valence-electron chi connectivity index (χ1n) is 8.68. The molecule has 2 aromatic rings. The number of morpholine rings is 1. The van der Waals surface area contributed by atoms with Crippen LogP contribution in [0.15, 0.2) is 54.6 Å². The largest absolute Gasteiger partial charge is 0.378 e. The molecule has 0 bridgehead atoms. The van der Waals surface area contributed by atoms with Gasteiger partial charge in [-0.1, -0.05) is 24.3 Å². The van der Waals surface area contributed by atoms with Gasteiger partial charge < -0.3 is 19.9 Å². The summed E-state index contributed by atoms with van der Waals surface area (Å²) < 4.78 is 5.26. The van der Waals surface area contributed by atoms with Crippen LogP contribution in [0.3, 0.4) is 0 Å². The second-order valence-electron chi connectivity index (χ2n) is 6.13. The van der Waals surface area contributed by atoms with Crippen LogP contribution in [0.1, 0.15) is 10.4 Å². The van der Waals surface area contributed by atoms with Crippen molar-refractivity contribution in [3.63, 3.8) is 0 Å². The van der Waals surface area contributed by atoms with Gasteiger partial charge in [0.05, 0.1) is 19.8 Å². The van der Waals surface area contributed by atoms with E-state index in [-0.39, 0.29) is 18.4 Å². The van der Waals surface area contributed by atoms with Crippen molar-refractivity contribution in [3.8, 4) is 0 Å². The minimum atomic E-state index is -0.0978. The summed E-state index contributed by atoms with van der Waals surface area (Å²) in [4.78, 5) is 28.3. The van der Waals surface area contributed by atoms with E-state index in [4.69, 9.17) is 4.74 Å². The Morgan fingerprint density at radius 3 is 2.54 bits per heavy atom. The van der Waals surface area contributed by atoms with Crippen molar-refractivity contribution in [1.82, 2.24) is 4.90 Å². The Hall–Kier alpha value is -2.86. The topological polar surface area (TPSA) is 61.9 Å². The van der Waals surface area contributed by atoms with Crippen LogP contribution < -0.4 is 10.2 Å². The monoisotopic (exact) mass is 353 g/mol. The van der Waals surface area contributed by atoms with Gasteiger partial charge in [-0.2, -0.15) is 0 Å². The predicted octanol–water partition coefficient (Wildman–Crippen LogP) is 2.23. The molecule has 0 aliphatic carbocycles. The standard InChI is InChI=1S/C20H23N3O3/c1-22(18-8-3-2-4-9-18)20(25)16-6-5-7-17(14-16)21-15-19(24)23-10-12-26-13-11-23/h2-9,14,21H,10-13,15H2,1H3. The molecule has 2 aromatic carbocycles. The third kappa shape index (κ3) is 4.40. The zero-order valence-corrected chi connectivity index (χ0v) is 14.9. The van der Waals surface area contributed by atoms with E-state index in [0.29, 0.717) is 31.9 Å². The van der Waals surface area contributed by atoms with Crippen LogP contribution in [0.25, 0.3) is 0 Å². The average molecular weight is 353 g/mol. The number of nitrogens with one attached hydrogen (secondary N) is 1. The molecule has 1 saturated heterocycles. The summed E-state index contributed by atoms with van der Waals surface area (Å²) in [6.07, 6.45) is 0. The Bertz CT molecular complexity index is 758. The van der Waals surface area contributed by atoms with Gasteiger partial charge in [0.2, 0.25) is 5.91 Å². The maximum atomic E-state index is 12.7. The number of ether oxygens (including phenoxy) is 1. The van der Waals surface area contributed by atoms with E-state index in [1.807, 2.05) is 42.5 Å². The molecular weight excluding hydrogens is 330 g/mol. The summed E-state index contributed by atoms with van der Waals surface area (Å²) in [5.41, 5.74) is 2.15. The van der Waals surface area contributed by atoms with E-state index >= 15 is 0 Å². The minimum Gasteiger partial charge on any atom is -0.378 e. The van der Waals surface area contributed by atoms with Crippen molar-refractivity contribution in [2.45, 2.75) is 0 Å². The molecule has 1 fully saturated rings. The summed E-state index contributed by atoms with van der Waals surface area (Å²) in [5, 5.41) is 3.11. The van der Waals surface area contributed by atoms with Gasteiger partial charge >= 0.3 is 0 Å². The normalized spacial score (nSPS) is 14.0. The van der Waals surface area contributed by atoms with Crippen molar-refractivity contribution in [2.75, 3.05) is 50.1 Å². The molecular formula is C20H23N3O3. The molecule has 6 nitrogen and oxygen atoms in total. The van der Waals surface area contributed by atoms with Gasteiger partial charge in [-0.05, 0) is 30.3 Å². The first-order chi connectivity index (χ1) is 12.6. The Balaban J connectivity index is 1.62. The fourth-order valence-electron chi connectivity index (χ4n) is 2.83. The van der Waals surface area contributed by atoms with Crippen LogP contribution in [0.2, 0.25) is 0 Å². The highest BCUT2D eigenvalue weighted by atomic mass is 16.5. The molecule has 1 N–H and O–H groups in total. The summed E-state index contributed by atoms with van der Waals surface area (Å²) in [7, 11) is 1.75. The first-order valence-corrected chi connectivity index (χ1v) is 8.68. The summed E-state index contributed by atoms with van der Waals surface area (Å²) in [6.45, 7) is 2.62. The summed E-state index contributed by atoms with van der Waals surface area (Å²) in [5.74, 6) is -0.0641. The van der Waals surface area contributed by atoms with Gasteiger partial charge in [-0.3, -0.25) is 9.59 Å². The molecule has 0 atom stereocenters. The second kappa shape index (κ2) is 8.49. The lowest BCUT2D eigenvalue weighted by molar-refractivity contribution is -0.133. The van der Waals surface area contributed by atoms with E-state index in [9.17, 15) is 9.59 Å². The molecule has 26 heavy (non-hydrogen) atoms. The van der Waals surface area contributed by atoms with E-state index in [2.05, 4.69) is 5.32 Å². The highest BCUT2D eigenvalue weighted by Crippen LogP contribution is 2.17. The van der Waals surface area contributed by atoms with Crippen molar-refractivity contribution in [2.24, 2.45) is 0 Å². The fraction of sp³-hybridized carbons (Fsp3) is 0.300. The van der Waals surface area contributed by atoms with Gasteiger partial charge in [-0.15, -0.1) is 0 Å². The highest BCUT2D eigenvalue weighted by molar-refractivity contribution is 6.06. The third-order valence-electron chi connectivity index (χ3n) is 4.37. The van der Waals surface area contributed by atoms with Crippen LogP contribution in [0.5, 0.6) is 0 Å². The Morgan fingerprint density at radius 2 is 1.81 bits per heavy atom. The minimum absolute atomic E-state index is 0.0337. The van der Waals surface area contributed by atoms with Crippen LogP contribution in [0, 0.1) is 0 Å². The number of amides is 2. The number of hydrogen-bond acceptors (Lipinski definition) is 4. The molecule has 136 valence electrons. The van der Waals surface area contributed by atoms with Crippen molar-refractivity contribution < 1.29 is 14.3 Å². The SMILES string of the molecule is CN(C(=O)c1cccc(NCC(=O)N2CCOCC2)c1)c1ccccc1. The van der Waals surface area contributed by atoms with Crippen LogP contribution in [-0.2, 0) is 9.53 Å². The molecule has 1 aliphatic rings. The number of hydrogen-bond donors (Lipinski definition) is 1. The van der Waals surface area contributed by atoms with E-state index in [1.165, 1.54) is 0 Å². The lowest BCUT2D eigenvalue weighted by Gasteiger charge is -2.27. The number of para-hydroxylation sites is 1. The van der Waals surface area contributed by atoms with Gasteiger partial charge in [0, 0.05) is 37.1 Å². The first kappa shape index (κ1) is 17.9. The molecule has 1 heterocycles. The molecule has 0 saturated carbocycles. The second-order valence-corrected chi connectivity index (χ2v) is 6.13. The van der Waals surface area contributed by atoms with Crippen molar-refractivity contribution in [3.05, 3.63) is 60.2 Å². The number of benzene rings is 2. The van der Waals surface area contributed by atoms with Gasteiger partial charge in [0.15, 0.2) is 0 Å². The zero-order valence-electron chi connectivity index (χ0n) is 14.9. The highest BCUT2D eigenvalue weighted by Gasteiger charge is 2.17. The predicted molar refractivity (Wildman–Crippen MR) is 102 cm³/mol. The summed E-state index contributed by atoms with van der Waals surface area (Å²) in [6, 6.07) is 16.7. The molecule has 3 rings (SSSR count). The zero-order chi connectivity index (χ0) is 18.4. The van der Waals surface area contributed by atoms with Gasteiger partial charge in [0.25, 0.3) is 5.91 Å². The van der Waals surface area contributed by atoms with Gasteiger partial charge in [-0.25, -0.2) is 0 Å². The Labute approximate surface area is 153 Å². The molecule has 0 radical (unpaired) electrons. The third-order valence-corrected chi connectivity index (χ3v) is 4.37. The quantitative estimate of drug-likeness (QED) is 0.895. The lowest BCUT2D eigenvalue weighted by atomic mass is 10.1. The number of rotatable bonds is 5.